The number of sulfone groups is 1. The van der Waals surface area contributed by atoms with Gasteiger partial charge in [0.1, 0.15) is 0 Å². The largest absolute Gasteiger partial charge is 0.347 e. The number of hydrogen-bond donors (Lipinski definition) is 1. The molecule has 1 aromatic carbocycles. The molecule has 0 fully saturated rings. The number of imidazole rings is 1. The standard InChI is InChI=1S/C16H15N3O3S2/c1-24(21,22)16-17-7-8-19(16)13-5-2-4-12(10-13)15(20)18-11-14-6-3-9-23-14/h2-10H,11H2,1H3,(H,18,20). The summed E-state index contributed by atoms with van der Waals surface area (Å²) in [7, 11) is -3.46. The average Bonchev–Trinajstić information content (AvgIpc) is 3.23. The second-order valence-corrected chi connectivity index (χ2v) is 8.11. The van der Waals surface area contributed by atoms with Gasteiger partial charge in [0.25, 0.3) is 5.91 Å². The van der Waals surface area contributed by atoms with Gasteiger partial charge in [-0.2, -0.15) is 0 Å². The third kappa shape index (κ3) is 3.55. The van der Waals surface area contributed by atoms with Gasteiger partial charge in [-0.1, -0.05) is 12.1 Å². The number of amides is 1. The van der Waals surface area contributed by atoms with E-state index in [1.165, 1.54) is 10.8 Å². The van der Waals surface area contributed by atoms with Gasteiger partial charge in [0.05, 0.1) is 6.54 Å². The van der Waals surface area contributed by atoms with Gasteiger partial charge in [-0.3, -0.25) is 9.36 Å². The van der Waals surface area contributed by atoms with Crippen LogP contribution >= 0.6 is 11.3 Å². The molecule has 1 amide bonds. The van der Waals surface area contributed by atoms with Crippen LogP contribution in [-0.2, 0) is 16.4 Å². The van der Waals surface area contributed by atoms with E-state index >= 15 is 0 Å². The minimum atomic E-state index is -3.46. The number of nitrogens with zero attached hydrogens (tertiary/aromatic N) is 2. The highest BCUT2D eigenvalue weighted by molar-refractivity contribution is 7.90. The fourth-order valence-corrected chi connectivity index (χ4v) is 3.66. The van der Waals surface area contributed by atoms with Crippen LogP contribution in [0.2, 0.25) is 0 Å². The van der Waals surface area contributed by atoms with E-state index < -0.39 is 9.84 Å². The van der Waals surface area contributed by atoms with Crippen LogP contribution in [0.5, 0.6) is 0 Å². The van der Waals surface area contributed by atoms with E-state index in [0.717, 1.165) is 11.1 Å². The molecule has 0 unspecified atom stereocenters. The van der Waals surface area contributed by atoms with Gasteiger partial charge in [0.2, 0.25) is 15.0 Å². The van der Waals surface area contributed by atoms with Crippen molar-refractivity contribution < 1.29 is 13.2 Å². The van der Waals surface area contributed by atoms with E-state index in [2.05, 4.69) is 10.3 Å². The minimum absolute atomic E-state index is 0.0568. The summed E-state index contributed by atoms with van der Waals surface area (Å²) in [6.07, 6.45) is 4.07. The molecule has 2 aromatic heterocycles. The first-order valence-electron chi connectivity index (χ1n) is 7.09. The van der Waals surface area contributed by atoms with Gasteiger partial charge in [-0.05, 0) is 29.6 Å². The van der Waals surface area contributed by atoms with Gasteiger partial charge in [0, 0.05) is 34.8 Å². The highest BCUT2D eigenvalue weighted by atomic mass is 32.2. The van der Waals surface area contributed by atoms with Crippen molar-refractivity contribution in [3.63, 3.8) is 0 Å². The third-order valence-electron chi connectivity index (χ3n) is 3.33. The minimum Gasteiger partial charge on any atom is -0.347 e. The molecule has 0 saturated carbocycles. The molecule has 0 spiro atoms. The van der Waals surface area contributed by atoms with Crippen LogP contribution in [0.1, 0.15) is 15.2 Å². The molecule has 124 valence electrons. The summed E-state index contributed by atoms with van der Waals surface area (Å²) in [5, 5.41) is 4.74. The van der Waals surface area contributed by atoms with E-state index in [-0.39, 0.29) is 11.1 Å². The topological polar surface area (TPSA) is 81.1 Å². The van der Waals surface area contributed by atoms with Crippen molar-refractivity contribution in [3.8, 4) is 5.69 Å². The van der Waals surface area contributed by atoms with Gasteiger partial charge >= 0.3 is 0 Å². The summed E-state index contributed by atoms with van der Waals surface area (Å²) in [4.78, 5) is 17.2. The fourth-order valence-electron chi connectivity index (χ4n) is 2.24. The van der Waals surface area contributed by atoms with Crippen LogP contribution < -0.4 is 5.32 Å². The summed E-state index contributed by atoms with van der Waals surface area (Å²) >= 11 is 1.57. The van der Waals surface area contributed by atoms with Gasteiger partial charge in [0.15, 0.2) is 0 Å². The molecule has 0 radical (unpaired) electrons. The summed E-state index contributed by atoms with van der Waals surface area (Å²) < 4.78 is 25.0. The number of aromatic nitrogens is 2. The number of hydrogen-bond acceptors (Lipinski definition) is 5. The molecule has 3 aromatic rings. The van der Waals surface area contributed by atoms with Crippen molar-refractivity contribution in [2.45, 2.75) is 11.7 Å². The van der Waals surface area contributed by atoms with Crippen molar-refractivity contribution in [2.24, 2.45) is 0 Å². The third-order valence-corrected chi connectivity index (χ3v) is 5.17. The fraction of sp³-hybridized carbons (Fsp3) is 0.125. The SMILES string of the molecule is CS(=O)(=O)c1nccn1-c1cccc(C(=O)NCc2cccs2)c1. The maximum atomic E-state index is 12.3. The number of thiophene rings is 1. The Balaban J connectivity index is 1.84. The molecule has 0 saturated heterocycles. The van der Waals surface area contributed by atoms with E-state index in [9.17, 15) is 13.2 Å². The zero-order valence-electron chi connectivity index (χ0n) is 12.8. The van der Waals surface area contributed by atoms with Gasteiger partial charge in [-0.15, -0.1) is 11.3 Å². The summed E-state index contributed by atoms with van der Waals surface area (Å²) in [6, 6.07) is 10.6. The molecule has 0 aliphatic rings. The molecule has 0 aliphatic heterocycles. The number of nitrogens with one attached hydrogen (secondary N) is 1. The van der Waals surface area contributed by atoms with Crippen molar-refractivity contribution in [1.29, 1.82) is 0 Å². The van der Waals surface area contributed by atoms with Crippen LogP contribution in [0.25, 0.3) is 5.69 Å². The number of rotatable bonds is 5. The van der Waals surface area contributed by atoms with Crippen molar-refractivity contribution in [2.75, 3.05) is 6.26 Å². The monoisotopic (exact) mass is 361 g/mol. The molecule has 0 bridgehead atoms. The van der Waals surface area contributed by atoms with Crippen molar-refractivity contribution >= 4 is 27.1 Å². The lowest BCUT2D eigenvalue weighted by atomic mass is 10.2. The first-order valence-corrected chi connectivity index (χ1v) is 9.87. The maximum Gasteiger partial charge on any atom is 0.251 e. The summed E-state index contributed by atoms with van der Waals surface area (Å²) in [5.41, 5.74) is 1.02. The summed E-state index contributed by atoms with van der Waals surface area (Å²) in [5.74, 6) is -0.216. The van der Waals surface area contributed by atoms with Gasteiger partial charge < -0.3 is 5.32 Å². The van der Waals surface area contributed by atoms with Gasteiger partial charge in [-0.25, -0.2) is 13.4 Å². The highest BCUT2D eigenvalue weighted by Gasteiger charge is 2.16. The normalized spacial score (nSPS) is 11.4. The Bertz CT molecular complexity index is 960. The summed E-state index contributed by atoms with van der Waals surface area (Å²) in [6.45, 7) is 0.459. The molecule has 3 rings (SSSR count). The predicted octanol–water partition coefficient (Wildman–Crippen LogP) is 2.27. The Morgan fingerprint density at radius 3 is 2.83 bits per heavy atom. The van der Waals surface area contributed by atoms with Crippen LogP contribution in [-0.4, -0.2) is 30.1 Å². The quantitative estimate of drug-likeness (QED) is 0.756. The van der Waals surface area contributed by atoms with E-state index in [4.69, 9.17) is 0 Å². The van der Waals surface area contributed by atoms with E-state index in [1.54, 1.807) is 41.8 Å². The van der Waals surface area contributed by atoms with Crippen LogP contribution in [0.3, 0.4) is 0 Å². The number of carbonyl (C=O) groups excluding carboxylic acids is 1. The highest BCUT2D eigenvalue weighted by Crippen LogP contribution is 2.16. The molecular weight excluding hydrogens is 346 g/mol. The zero-order valence-corrected chi connectivity index (χ0v) is 14.5. The number of benzene rings is 1. The van der Waals surface area contributed by atoms with E-state index in [1.807, 2.05) is 17.5 Å². The lowest BCUT2D eigenvalue weighted by molar-refractivity contribution is 0.0951. The molecule has 24 heavy (non-hydrogen) atoms. The molecule has 6 nitrogen and oxygen atoms in total. The predicted molar refractivity (Wildman–Crippen MR) is 92.2 cm³/mol. The lowest BCUT2D eigenvalue weighted by Crippen LogP contribution is -2.22. The average molecular weight is 361 g/mol. The van der Waals surface area contributed by atoms with Crippen LogP contribution in [0.4, 0.5) is 0 Å². The lowest BCUT2D eigenvalue weighted by Gasteiger charge is -2.09. The van der Waals surface area contributed by atoms with Crippen molar-refractivity contribution in [3.05, 3.63) is 64.6 Å². The Hall–Kier alpha value is -2.45. The van der Waals surface area contributed by atoms with Crippen molar-refractivity contribution in [1.82, 2.24) is 14.9 Å². The molecule has 8 heteroatoms. The second-order valence-electron chi connectivity index (χ2n) is 5.16. The Morgan fingerprint density at radius 1 is 1.29 bits per heavy atom. The molecule has 1 N–H and O–H groups in total. The van der Waals surface area contributed by atoms with E-state index in [0.29, 0.717) is 17.8 Å². The second kappa shape index (κ2) is 6.58. The Kier molecular flexibility index (Phi) is 4.50. The Labute approximate surface area is 143 Å². The smallest absolute Gasteiger partial charge is 0.251 e. The Morgan fingerprint density at radius 2 is 2.12 bits per heavy atom. The van der Waals surface area contributed by atoms with Crippen LogP contribution in [0, 0.1) is 0 Å². The first-order chi connectivity index (χ1) is 11.4. The molecule has 0 aliphatic carbocycles. The number of carbonyl (C=O) groups is 1. The zero-order chi connectivity index (χ0) is 17.2. The molecule has 2 heterocycles. The first kappa shape index (κ1) is 16.4. The van der Waals surface area contributed by atoms with Crippen LogP contribution in [0.15, 0.2) is 59.3 Å². The molecule has 0 atom stereocenters. The molecular formula is C16H15N3O3S2. The maximum absolute atomic E-state index is 12.3.